The highest BCUT2D eigenvalue weighted by atomic mass is 35.5. The lowest BCUT2D eigenvalue weighted by Crippen LogP contribution is -2.01. The number of halogens is 2. The molecular weight excluding hydrogens is 471 g/mol. The summed E-state index contributed by atoms with van der Waals surface area (Å²) < 4.78 is 5.86. The van der Waals surface area contributed by atoms with E-state index >= 15 is 0 Å². The van der Waals surface area contributed by atoms with Gasteiger partial charge in [0.15, 0.2) is 5.78 Å². The molecule has 0 saturated carbocycles. The Morgan fingerprint density at radius 1 is 0.758 bits per heavy atom. The molecule has 0 spiro atoms. The molecule has 33 heavy (non-hydrogen) atoms. The third-order valence-corrected chi connectivity index (χ3v) is 6.52. The normalized spacial score (nSPS) is 11.3. The number of carbonyl (C=O) groups excluding carboxylic acids is 1. The minimum Gasteiger partial charge on any atom is -0.457 e. The molecule has 0 fully saturated rings. The number of ketones is 1. The molecule has 164 valence electrons. The van der Waals surface area contributed by atoms with Crippen molar-refractivity contribution in [2.45, 2.75) is 5.75 Å². The van der Waals surface area contributed by atoms with Crippen molar-refractivity contribution in [3.8, 4) is 11.5 Å². The molecule has 4 aromatic carbocycles. The lowest BCUT2D eigenvalue weighted by molar-refractivity contribution is 0.104. The van der Waals surface area contributed by atoms with E-state index in [0.717, 1.165) is 22.6 Å². The molecule has 0 heterocycles. The smallest absolute Gasteiger partial charge is 0.199 e. The summed E-state index contributed by atoms with van der Waals surface area (Å²) in [5.41, 5.74) is 2.46. The van der Waals surface area contributed by atoms with Gasteiger partial charge in [0.05, 0.1) is 4.91 Å². The van der Waals surface area contributed by atoms with Gasteiger partial charge in [-0.1, -0.05) is 71.7 Å². The molecule has 0 amide bonds. The molecule has 2 nitrogen and oxygen atoms in total. The number of allylic oxidation sites excluding steroid dienone is 1. The number of ether oxygens (including phenoxy) is 1. The van der Waals surface area contributed by atoms with Crippen LogP contribution in [0.25, 0.3) is 6.08 Å². The van der Waals surface area contributed by atoms with Gasteiger partial charge in [0.25, 0.3) is 0 Å². The first-order valence-corrected chi connectivity index (χ1v) is 12.0. The predicted molar refractivity (Wildman–Crippen MR) is 139 cm³/mol. The van der Waals surface area contributed by atoms with Gasteiger partial charge in [-0.25, -0.2) is 0 Å². The average Bonchev–Trinajstić information content (AvgIpc) is 2.84. The van der Waals surface area contributed by atoms with Crippen molar-refractivity contribution >= 4 is 46.8 Å². The van der Waals surface area contributed by atoms with Gasteiger partial charge in [-0.3, -0.25) is 4.79 Å². The quantitative estimate of drug-likeness (QED) is 0.182. The van der Waals surface area contributed by atoms with E-state index in [1.54, 1.807) is 24.3 Å². The van der Waals surface area contributed by atoms with Gasteiger partial charge in [0.2, 0.25) is 0 Å². The summed E-state index contributed by atoms with van der Waals surface area (Å²) >= 11 is 13.8. The van der Waals surface area contributed by atoms with Crippen LogP contribution >= 0.6 is 35.0 Å². The topological polar surface area (TPSA) is 26.3 Å². The first kappa shape index (κ1) is 23.2. The fraction of sp³-hybridized carbons (Fsp3) is 0.0357. The number of hydrogen-bond acceptors (Lipinski definition) is 3. The maximum absolute atomic E-state index is 13.3. The van der Waals surface area contributed by atoms with Crippen molar-refractivity contribution in [1.82, 2.24) is 0 Å². The summed E-state index contributed by atoms with van der Waals surface area (Å²) in [4.78, 5) is 13.9. The third kappa shape index (κ3) is 6.52. The van der Waals surface area contributed by atoms with Crippen molar-refractivity contribution in [1.29, 1.82) is 0 Å². The Bertz CT molecular complexity index is 1250. The highest BCUT2D eigenvalue weighted by Gasteiger charge is 2.14. The van der Waals surface area contributed by atoms with Crippen LogP contribution in [0.2, 0.25) is 10.0 Å². The van der Waals surface area contributed by atoms with Crippen LogP contribution in [0.4, 0.5) is 0 Å². The molecule has 4 rings (SSSR count). The van der Waals surface area contributed by atoms with Gasteiger partial charge in [0.1, 0.15) is 11.5 Å². The molecule has 0 saturated heterocycles. The summed E-state index contributed by atoms with van der Waals surface area (Å²) in [7, 11) is 0. The SMILES string of the molecule is O=C(/C(=C\c1ccc(Oc2ccccc2)cc1)SCc1ccccc1Cl)c1ccc(Cl)cc1. The first-order valence-electron chi connectivity index (χ1n) is 10.3. The number of hydrogen-bond donors (Lipinski definition) is 0. The van der Waals surface area contributed by atoms with E-state index in [1.807, 2.05) is 84.9 Å². The van der Waals surface area contributed by atoms with Crippen LogP contribution in [-0.2, 0) is 5.75 Å². The molecule has 0 radical (unpaired) electrons. The highest BCUT2D eigenvalue weighted by molar-refractivity contribution is 8.03. The van der Waals surface area contributed by atoms with E-state index < -0.39 is 0 Å². The number of Topliss-reactive ketones (excluding diaryl/α,β-unsaturated/α-hetero) is 1. The standard InChI is InChI=1S/C28H20Cl2O2S/c29-23-14-12-21(13-15-23)28(31)27(33-19-22-6-4-5-9-26(22)30)18-20-10-16-25(17-11-20)32-24-7-2-1-3-8-24/h1-18H,19H2/b27-18+. The van der Waals surface area contributed by atoms with Crippen LogP contribution in [0, 0.1) is 0 Å². The van der Waals surface area contributed by atoms with E-state index in [-0.39, 0.29) is 5.78 Å². The molecule has 0 aliphatic carbocycles. The zero-order valence-corrected chi connectivity index (χ0v) is 19.9. The Morgan fingerprint density at radius 3 is 2.09 bits per heavy atom. The first-order chi connectivity index (χ1) is 16.1. The Morgan fingerprint density at radius 2 is 1.39 bits per heavy atom. The van der Waals surface area contributed by atoms with Crippen LogP contribution in [0.1, 0.15) is 21.5 Å². The summed E-state index contributed by atoms with van der Waals surface area (Å²) in [5, 5.41) is 1.28. The number of rotatable bonds is 8. The molecule has 0 aliphatic rings. The van der Waals surface area contributed by atoms with Crippen LogP contribution in [-0.4, -0.2) is 5.78 Å². The summed E-state index contributed by atoms with van der Waals surface area (Å²) in [6, 6.07) is 31.8. The zero-order valence-electron chi connectivity index (χ0n) is 17.6. The Kier molecular flexibility index (Phi) is 7.90. The number of benzene rings is 4. The molecule has 4 aromatic rings. The average molecular weight is 491 g/mol. The van der Waals surface area contributed by atoms with E-state index in [9.17, 15) is 4.79 Å². The highest BCUT2D eigenvalue weighted by Crippen LogP contribution is 2.31. The minimum atomic E-state index is -0.0617. The van der Waals surface area contributed by atoms with Crippen LogP contribution in [0.15, 0.2) is 108 Å². The molecule has 0 atom stereocenters. The maximum atomic E-state index is 13.3. The van der Waals surface area contributed by atoms with Crippen molar-refractivity contribution in [2.75, 3.05) is 0 Å². The minimum absolute atomic E-state index is 0.0617. The summed E-state index contributed by atoms with van der Waals surface area (Å²) in [6.45, 7) is 0. The molecule has 0 unspecified atom stereocenters. The zero-order chi connectivity index (χ0) is 23.0. The van der Waals surface area contributed by atoms with Crippen molar-refractivity contribution in [3.05, 3.63) is 135 Å². The van der Waals surface area contributed by atoms with E-state index in [2.05, 4.69) is 0 Å². The second-order valence-electron chi connectivity index (χ2n) is 7.21. The van der Waals surface area contributed by atoms with Crippen LogP contribution in [0.3, 0.4) is 0 Å². The largest absolute Gasteiger partial charge is 0.457 e. The fourth-order valence-electron chi connectivity index (χ4n) is 3.10. The van der Waals surface area contributed by atoms with E-state index in [4.69, 9.17) is 27.9 Å². The molecule has 0 aromatic heterocycles. The second-order valence-corrected chi connectivity index (χ2v) is 9.07. The predicted octanol–water partition coefficient (Wildman–Crippen LogP) is 8.94. The van der Waals surface area contributed by atoms with Gasteiger partial charge >= 0.3 is 0 Å². The Hall–Kier alpha value is -2.98. The molecule has 0 N–H and O–H groups in total. The van der Waals surface area contributed by atoms with Gasteiger partial charge in [-0.2, -0.15) is 0 Å². The van der Waals surface area contributed by atoms with Crippen molar-refractivity contribution in [2.24, 2.45) is 0 Å². The van der Waals surface area contributed by atoms with Crippen molar-refractivity contribution in [3.63, 3.8) is 0 Å². The van der Waals surface area contributed by atoms with Gasteiger partial charge in [-0.15, -0.1) is 11.8 Å². The lowest BCUT2D eigenvalue weighted by atomic mass is 10.1. The number of carbonyl (C=O) groups is 1. The van der Waals surface area contributed by atoms with Gasteiger partial charge < -0.3 is 4.74 Å². The van der Waals surface area contributed by atoms with Gasteiger partial charge in [0, 0.05) is 21.4 Å². The van der Waals surface area contributed by atoms with Gasteiger partial charge in [-0.05, 0) is 71.8 Å². The maximum Gasteiger partial charge on any atom is 0.199 e. The summed E-state index contributed by atoms with van der Waals surface area (Å²) in [6.07, 6.45) is 1.89. The molecule has 0 bridgehead atoms. The Labute approximate surface area is 207 Å². The van der Waals surface area contributed by atoms with Crippen LogP contribution < -0.4 is 4.74 Å². The number of para-hydroxylation sites is 1. The van der Waals surface area contributed by atoms with E-state index in [1.165, 1.54) is 11.8 Å². The van der Waals surface area contributed by atoms with Crippen molar-refractivity contribution < 1.29 is 9.53 Å². The lowest BCUT2D eigenvalue weighted by Gasteiger charge is -2.10. The molecular formula is C28H20Cl2O2S. The van der Waals surface area contributed by atoms with Crippen LogP contribution in [0.5, 0.6) is 11.5 Å². The third-order valence-electron chi connectivity index (χ3n) is 4.83. The fourth-order valence-corrected chi connectivity index (χ4v) is 4.53. The monoisotopic (exact) mass is 490 g/mol. The number of thioether (sulfide) groups is 1. The molecule has 5 heteroatoms. The Balaban J connectivity index is 1.58. The second kappa shape index (κ2) is 11.2. The van der Waals surface area contributed by atoms with E-state index in [0.29, 0.717) is 26.3 Å². The summed E-state index contributed by atoms with van der Waals surface area (Å²) in [5.74, 6) is 2.02. The molecule has 0 aliphatic heterocycles.